The lowest BCUT2D eigenvalue weighted by Crippen LogP contribution is -2.00. The molecule has 1 atom stereocenters. The van der Waals surface area contributed by atoms with Gasteiger partial charge in [-0.25, -0.2) is 9.97 Å². The summed E-state index contributed by atoms with van der Waals surface area (Å²) in [5, 5.41) is 4.18. The zero-order valence-electron chi connectivity index (χ0n) is 11.1. The summed E-state index contributed by atoms with van der Waals surface area (Å²) in [6.45, 7) is 1.90. The predicted molar refractivity (Wildman–Crippen MR) is 77.1 cm³/mol. The highest BCUT2D eigenvalue weighted by Gasteiger charge is 2.19. The minimum absolute atomic E-state index is 0.151. The molecule has 3 heterocycles. The molecule has 108 valence electrons. The minimum atomic E-state index is -0.151. The summed E-state index contributed by atoms with van der Waals surface area (Å²) in [7, 11) is 0. The summed E-state index contributed by atoms with van der Waals surface area (Å²) in [4.78, 5) is 12.5. The molecule has 3 rings (SSSR count). The van der Waals surface area contributed by atoms with E-state index in [1.807, 2.05) is 6.92 Å². The first kappa shape index (κ1) is 13.4. The molecular formula is C12H12N6O2S. The van der Waals surface area contributed by atoms with Crippen molar-refractivity contribution in [3.63, 3.8) is 0 Å². The highest BCUT2D eigenvalue weighted by Crippen LogP contribution is 2.33. The molecule has 0 saturated carbocycles. The number of aromatic nitrogens is 4. The molecule has 21 heavy (non-hydrogen) atoms. The van der Waals surface area contributed by atoms with E-state index in [9.17, 15) is 0 Å². The van der Waals surface area contributed by atoms with E-state index in [0.717, 1.165) is 0 Å². The van der Waals surface area contributed by atoms with Gasteiger partial charge in [-0.05, 0) is 19.1 Å². The van der Waals surface area contributed by atoms with Crippen molar-refractivity contribution in [3.8, 4) is 11.6 Å². The molecule has 0 aliphatic heterocycles. The number of hydrogen-bond acceptors (Lipinski definition) is 9. The molecule has 0 aromatic carbocycles. The molecule has 0 amide bonds. The first-order valence-corrected chi connectivity index (χ1v) is 6.94. The van der Waals surface area contributed by atoms with E-state index >= 15 is 0 Å². The second-order valence-electron chi connectivity index (χ2n) is 4.19. The van der Waals surface area contributed by atoms with E-state index in [1.165, 1.54) is 17.8 Å². The van der Waals surface area contributed by atoms with Crippen LogP contribution in [0.1, 0.15) is 18.1 Å². The van der Waals surface area contributed by atoms with Gasteiger partial charge in [-0.2, -0.15) is 4.98 Å². The average Bonchev–Trinajstić information content (AvgIpc) is 3.09. The van der Waals surface area contributed by atoms with E-state index in [4.69, 9.17) is 20.4 Å². The zero-order chi connectivity index (χ0) is 14.8. The molecule has 0 saturated heterocycles. The summed E-state index contributed by atoms with van der Waals surface area (Å²) in [5.74, 6) is 2.02. The molecular weight excluding hydrogens is 292 g/mol. The van der Waals surface area contributed by atoms with Gasteiger partial charge < -0.3 is 20.4 Å². The fourth-order valence-corrected chi connectivity index (χ4v) is 2.46. The second kappa shape index (κ2) is 5.44. The van der Waals surface area contributed by atoms with Crippen molar-refractivity contribution in [1.29, 1.82) is 0 Å². The topological polar surface area (TPSA) is 130 Å². The maximum absolute atomic E-state index is 5.63. The van der Waals surface area contributed by atoms with Gasteiger partial charge in [0.05, 0.1) is 11.5 Å². The fourth-order valence-electron chi connectivity index (χ4n) is 1.63. The Balaban J connectivity index is 1.77. The van der Waals surface area contributed by atoms with Gasteiger partial charge in [-0.1, -0.05) is 16.9 Å². The number of nitrogen functional groups attached to an aromatic ring is 2. The van der Waals surface area contributed by atoms with Crippen LogP contribution in [0.15, 0.2) is 38.6 Å². The summed E-state index contributed by atoms with van der Waals surface area (Å²) < 4.78 is 10.4. The Hall–Kier alpha value is -2.55. The third kappa shape index (κ3) is 2.97. The smallest absolute Gasteiger partial charge is 0.240 e. The first-order chi connectivity index (χ1) is 10.1. The van der Waals surface area contributed by atoms with Crippen molar-refractivity contribution in [1.82, 2.24) is 20.1 Å². The van der Waals surface area contributed by atoms with E-state index in [1.54, 1.807) is 18.4 Å². The maximum Gasteiger partial charge on any atom is 0.240 e. The SMILES string of the molecule is C[C@@H](Sc1nc(N)cc(N)n1)c1nc(-c2ccco2)no1. The van der Waals surface area contributed by atoms with Crippen molar-refractivity contribution >= 4 is 23.4 Å². The summed E-state index contributed by atoms with van der Waals surface area (Å²) in [6.07, 6.45) is 1.55. The maximum atomic E-state index is 5.63. The van der Waals surface area contributed by atoms with Gasteiger partial charge in [0.25, 0.3) is 0 Å². The van der Waals surface area contributed by atoms with Crippen molar-refractivity contribution in [2.45, 2.75) is 17.3 Å². The van der Waals surface area contributed by atoms with Crippen molar-refractivity contribution in [2.75, 3.05) is 11.5 Å². The average molecular weight is 304 g/mol. The monoisotopic (exact) mass is 304 g/mol. The van der Waals surface area contributed by atoms with Crippen LogP contribution in [0.5, 0.6) is 0 Å². The minimum Gasteiger partial charge on any atom is -0.461 e. The lowest BCUT2D eigenvalue weighted by molar-refractivity contribution is 0.379. The Morgan fingerprint density at radius 3 is 2.62 bits per heavy atom. The second-order valence-corrected chi connectivity index (χ2v) is 5.50. The van der Waals surface area contributed by atoms with E-state index < -0.39 is 0 Å². The zero-order valence-corrected chi connectivity index (χ0v) is 11.9. The van der Waals surface area contributed by atoms with Crippen LogP contribution in [0, 0.1) is 0 Å². The van der Waals surface area contributed by atoms with Crippen molar-refractivity contribution in [2.24, 2.45) is 0 Å². The molecule has 3 aromatic rings. The molecule has 0 aliphatic rings. The largest absolute Gasteiger partial charge is 0.461 e. The lowest BCUT2D eigenvalue weighted by atomic mass is 10.4. The number of nitrogens with zero attached hydrogens (tertiary/aromatic N) is 4. The quantitative estimate of drug-likeness (QED) is 0.549. The molecule has 0 radical (unpaired) electrons. The normalized spacial score (nSPS) is 12.4. The first-order valence-electron chi connectivity index (χ1n) is 6.06. The number of thioether (sulfide) groups is 1. The molecule has 0 bridgehead atoms. The van der Waals surface area contributed by atoms with Crippen LogP contribution < -0.4 is 11.5 Å². The number of furan rings is 1. The van der Waals surface area contributed by atoms with Crippen LogP contribution in [0.3, 0.4) is 0 Å². The number of nitrogens with two attached hydrogens (primary N) is 2. The Bertz CT molecular complexity index is 722. The summed E-state index contributed by atoms with van der Waals surface area (Å²) in [5.41, 5.74) is 11.3. The Morgan fingerprint density at radius 1 is 1.19 bits per heavy atom. The van der Waals surface area contributed by atoms with E-state index in [-0.39, 0.29) is 5.25 Å². The third-order valence-electron chi connectivity index (χ3n) is 2.56. The standard InChI is InChI=1S/C12H12N6O2S/c1-6(21-12-15-8(13)5-9(14)16-12)11-17-10(18-20-11)7-3-2-4-19-7/h2-6H,1H3,(H4,13,14,15,16)/t6-/m1/s1. The molecule has 0 unspecified atom stereocenters. The Morgan fingerprint density at radius 2 is 1.95 bits per heavy atom. The van der Waals surface area contributed by atoms with Gasteiger partial charge in [-0.3, -0.25) is 0 Å². The Labute approximate surface area is 123 Å². The van der Waals surface area contributed by atoms with Crippen molar-refractivity contribution in [3.05, 3.63) is 30.4 Å². The molecule has 0 aliphatic carbocycles. The van der Waals surface area contributed by atoms with E-state index in [2.05, 4.69) is 20.1 Å². The van der Waals surface area contributed by atoms with Crippen LogP contribution >= 0.6 is 11.8 Å². The Kier molecular flexibility index (Phi) is 3.48. The lowest BCUT2D eigenvalue weighted by Gasteiger charge is -2.05. The predicted octanol–water partition coefficient (Wildman–Crippen LogP) is 2.14. The van der Waals surface area contributed by atoms with Crippen LogP contribution in [-0.2, 0) is 0 Å². The van der Waals surface area contributed by atoms with Gasteiger partial charge in [0.15, 0.2) is 10.9 Å². The van der Waals surface area contributed by atoms with Gasteiger partial charge in [-0.15, -0.1) is 0 Å². The highest BCUT2D eigenvalue weighted by molar-refractivity contribution is 7.99. The molecule has 3 aromatic heterocycles. The van der Waals surface area contributed by atoms with Gasteiger partial charge in [0.1, 0.15) is 11.6 Å². The number of hydrogen-bond donors (Lipinski definition) is 2. The number of rotatable bonds is 4. The van der Waals surface area contributed by atoms with Crippen LogP contribution in [-0.4, -0.2) is 20.1 Å². The third-order valence-corrected chi connectivity index (χ3v) is 3.51. The molecule has 0 spiro atoms. The van der Waals surface area contributed by atoms with Gasteiger partial charge in [0, 0.05) is 6.07 Å². The number of anilines is 2. The molecule has 9 heteroatoms. The fraction of sp³-hybridized carbons (Fsp3) is 0.167. The molecule has 0 fully saturated rings. The van der Waals surface area contributed by atoms with Crippen LogP contribution in [0.4, 0.5) is 11.6 Å². The highest BCUT2D eigenvalue weighted by atomic mass is 32.2. The van der Waals surface area contributed by atoms with Gasteiger partial charge >= 0.3 is 0 Å². The van der Waals surface area contributed by atoms with E-state index in [0.29, 0.717) is 34.3 Å². The summed E-state index contributed by atoms with van der Waals surface area (Å²) in [6, 6.07) is 5.01. The molecule has 4 N–H and O–H groups in total. The van der Waals surface area contributed by atoms with Crippen LogP contribution in [0.25, 0.3) is 11.6 Å². The van der Waals surface area contributed by atoms with Crippen LogP contribution in [0.2, 0.25) is 0 Å². The van der Waals surface area contributed by atoms with Gasteiger partial charge in [0.2, 0.25) is 11.7 Å². The summed E-state index contributed by atoms with van der Waals surface area (Å²) >= 11 is 1.33. The van der Waals surface area contributed by atoms with Crippen molar-refractivity contribution < 1.29 is 8.94 Å². The molecule has 8 nitrogen and oxygen atoms in total.